The number of thiophene rings is 1. The number of carbonyl (C=O) groups is 2. The van der Waals surface area contributed by atoms with Crippen molar-refractivity contribution in [2.24, 2.45) is 0 Å². The summed E-state index contributed by atoms with van der Waals surface area (Å²) < 4.78 is 5.57. The number of nitrogens with zero attached hydrogens (tertiary/aromatic N) is 1. The highest BCUT2D eigenvalue weighted by Gasteiger charge is 2.47. The number of hydrogen-bond acceptors (Lipinski definition) is 5. The number of para-hydroxylation sites is 1. The molecule has 1 aliphatic heterocycles. The van der Waals surface area contributed by atoms with Crippen LogP contribution in [0, 0.1) is 0 Å². The third-order valence-electron chi connectivity index (χ3n) is 6.50. The maximum Gasteiger partial charge on any atom is 0.295 e. The number of amides is 1. The number of fused-ring (bicyclic) bond motifs is 1. The van der Waals surface area contributed by atoms with Gasteiger partial charge in [0.2, 0.25) is 0 Å². The minimum Gasteiger partial charge on any atom is -0.507 e. The number of aryl methyl sites for hydroxylation is 2. The number of methoxy groups -OCH3 is 1. The monoisotopic (exact) mass is 459 g/mol. The molecule has 0 bridgehead atoms. The number of likely N-dealkylation sites (tertiary alicyclic amines) is 1. The van der Waals surface area contributed by atoms with E-state index in [1.807, 2.05) is 53.9 Å². The molecular weight excluding hydrogens is 434 g/mol. The van der Waals surface area contributed by atoms with Gasteiger partial charge in [-0.25, -0.2) is 0 Å². The largest absolute Gasteiger partial charge is 0.507 e. The molecule has 2 aliphatic rings. The second-order valence-electron chi connectivity index (χ2n) is 8.44. The first-order valence-corrected chi connectivity index (χ1v) is 12.0. The van der Waals surface area contributed by atoms with Crippen LogP contribution in [0.15, 0.2) is 65.6 Å². The third kappa shape index (κ3) is 3.85. The van der Waals surface area contributed by atoms with Crippen LogP contribution in [0.5, 0.6) is 5.75 Å². The van der Waals surface area contributed by atoms with Crippen molar-refractivity contribution in [2.45, 2.75) is 38.3 Å². The van der Waals surface area contributed by atoms with E-state index >= 15 is 0 Å². The highest BCUT2D eigenvalue weighted by molar-refractivity contribution is 7.09. The fourth-order valence-corrected chi connectivity index (χ4v) is 5.57. The topological polar surface area (TPSA) is 66.8 Å². The summed E-state index contributed by atoms with van der Waals surface area (Å²) in [4.78, 5) is 29.0. The first-order valence-electron chi connectivity index (χ1n) is 11.1. The van der Waals surface area contributed by atoms with Crippen molar-refractivity contribution in [1.29, 1.82) is 0 Å². The van der Waals surface area contributed by atoms with Crippen LogP contribution in [0.3, 0.4) is 0 Å². The number of ether oxygens (including phenoxy) is 1. The first kappa shape index (κ1) is 21.5. The second kappa shape index (κ2) is 8.87. The molecule has 1 N–H and O–H groups in total. The number of Topliss-reactive ketones (excluding diaryl/α,β-unsaturated/α-hetero) is 1. The number of aliphatic hydroxyl groups excluding tert-OH is 1. The van der Waals surface area contributed by atoms with E-state index in [-0.39, 0.29) is 17.9 Å². The van der Waals surface area contributed by atoms with Crippen molar-refractivity contribution in [3.8, 4) is 5.75 Å². The van der Waals surface area contributed by atoms with Gasteiger partial charge in [-0.3, -0.25) is 9.59 Å². The Morgan fingerprint density at radius 1 is 1.06 bits per heavy atom. The molecule has 1 aromatic heterocycles. The Hall–Kier alpha value is -3.38. The Balaban J connectivity index is 1.66. The molecule has 0 radical (unpaired) electrons. The van der Waals surface area contributed by atoms with Gasteiger partial charge in [-0.15, -0.1) is 11.3 Å². The molecule has 1 fully saturated rings. The lowest BCUT2D eigenvalue weighted by Gasteiger charge is -2.26. The Bertz CT molecular complexity index is 1240. The summed E-state index contributed by atoms with van der Waals surface area (Å²) in [5, 5.41) is 13.3. The number of carbonyl (C=O) groups excluding carboxylic acids is 2. The van der Waals surface area contributed by atoms with Crippen molar-refractivity contribution >= 4 is 28.8 Å². The maximum atomic E-state index is 13.3. The lowest BCUT2D eigenvalue weighted by Crippen LogP contribution is -2.29. The summed E-state index contributed by atoms with van der Waals surface area (Å²) in [5.74, 6) is -0.847. The van der Waals surface area contributed by atoms with Crippen molar-refractivity contribution in [3.05, 3.63) is 92.7 Å². The van der Waals surface area contributed by atoms with Crippen molar-refractivity contribution in [1.82, 2.24) is 4.90 Å². The van der Waals surface area contributed by atoms with E-state index in [1.165, 1.54) is 33.8 Å². The van der Waals surface area contributed by atoms with Gasteiger partial charge in [-0.2, -0.15) is 0 Å². The van der Waals surface area contributed by atoms with Crippen LogP contribution in [0.4, 0.5) is 0 Å². The number of ketones is 1. The molecule has 0 spiro atoms. The SMILES string of the molecule is COc1ccccc1C1/C(=C(\O)c2ccc3c(c2)CCCC3)C(=O)C(=O)N1Cc1cccs1. The Kier molecular flexibility index (Phi) is 5.77. The molecule has 0 saturated carbocycles. The quantitative estimate of drug-likeness (QED) is 0.321. The number of rotatable bonds is 5. The summed E-state index contributed by atoms with van der Waals surface area (Å²) in [7, 11) is 1.56. The van der Waals surface area contributed by atoms with Crippen LogP contribution >= 0.6 is 11.3 Å². The van der Waals surface area contributed by atoms with E-state index in [0.717, 1.165) is 24.1 Å². The molecule has 3 aromatic rings. The second-order valence-corrected chi connectivity index (χ2v) is 9.47. The molecule has 1 unspecified atom stereocenters. The molecule has 2 aromatic carbocycles. The van der Waals surface area contributed by atoms with Gasteiger partial charge >= 0.3 is 0 Å². The minimum atomic E-state index is -0.737. The Morgan fingerprint density at radius 2 is 1.85 bits per heavy atom. The van der Waals surface area contributed by atoms with E-state index in [9.17, 15) is 14.7 Å². The summed E-state index contributed by atoms with van der Waals surface area (Å²) in [6, 6.07) is 16.3. The van der Waals surface area contributed by atoms with E-state index in [1.54, 1.807) is 13.2 Å². The molecule has 2 heterocycles. The highest BCUT2D eigenvalue weighted by Crippen LogP contribution is 2.43. The Morgan fingerprint density at radius 3 is 2.61 bits per heavy atom. The fourth-order valence-electron chi connectivity index (χ4n) is 4.87. The molecule has 1 aliphatic carbocycles. The van der Waals surface area contributed by atoms with Crippen LogP contribution in [-0.4, -0.2) is 28.8 Å². The van der Waals surface area contributed by atoms with Gasteiger partial charge in [0.05, 0.1) is 25.3 Å². The predicted octanol–water partition coefficient (Wildman–Crippen LogP) is 5.26. The zero-order valence-corrected chi connectivity index (χ0v) is 19.2. The number of aliphatic hydroxyl groups is 1. The van der Waals surface area contributed by atoms with Crippen LogP contribution in [-0.2, 0) is 29.0 Å². The average molecular weight is 460 g/mol. The zero-order valence-electron chi connectivity index (χ0n) is 18.4. The average Bonchev–Trinajstić information content (AvgIpc) is 3.45. The minimum absolute atomic E-state index is 0.108. The summed E-state index contributed by atoms with van der Waals surface area (Å²) >= 11 is 1.53. The van der Waals surface area contributed by atoms with Gasteiger partial charge in [-0.05, 0) is 60.4 Å². The molecular formula is C27H25NO4S. The van der Waals surface area contributed by atoms with Crippen molar-refractivity contribution in [3.63, 3.8) is 0 Å². The summed E-state index contributed by atoms with van der Waals surface area (Å²) in [6.45, 7) is 0.284. The van der Waals surface area contributed by atoms with Crippen molar-refractivity contribution < 1.29 is 19.4 Å². The van der Waals surface area contributed by atoms with E-state index in [2.05, 4.69) is 0 Å². The van der Waals surface area contributed by atoms with Gasteiger partial charge in [0, 0.05) is 16.0 Å². The normalized spacial score (nSPS) is 19.5. The van der Waals surface area contributed by atoms with E-state index in [0.29, 0.717) is 16.9 Å². The van der Waals surface area contributed by atoms with Crippen LogP contribution < -0.4 is 4.74 Å². The van der Waals surface area contributed by atoms with Gasteiger partial charge in [0.1, 0.15) is 11.5 Å². The van der Waals surface area contributed by atoms with E-state index < -0.39 is 17.7 Å². The Labute approximate surface area is 196 Å². The molecule has 5 rings (SSSR count). The van der Waals surface area contributed by atoms with Gasteiger partial charge < -0.3 is 14.7 Å². The van der Waals surface area contributed by atoms with Crippen LogP contribution in [0.2, 0.25) is 0 Å². The fraction of sp³-hybridized carbons (Fsp3) is 0.259. The maximum absolute atomic E-state index is 13.3. The number of benzene rings is 2. The van der Waals surface area contributed by atoms with Crippen molar-refractivity contribution in [2.75, 3.05) is 7.11 Å². The molecule has 168 valence electrons. The highest BCUT2D eigenvalue weighted by atomic mass is 32.1. The molecule has 1 amide bonds. The number of hydrogen-bond donors (Lipinski definition) is 1. The molecule has 1 atom stereocenters. The summed E-state index contributed by atoms with van der Waals surface area (Å²) in [6.07, 6.45) is 4.27. The van der Waals surface area contributed by atoms with Crippen LogP contribution in [0.1, 0.15) is 46.0 Å². The molecule has 33 heavy (non-hydrogen) atoms. The lowest BCUT2D eigenvalue weighted by molar-refractivity contribution is -0.140. The smallest absolute Gasteiger partial charge is 0.295 e. The predicted molar refractivity (Wildman–Crippen MR) is 128 cm³/mol. The summed E-state index contributed by atoms with van der Waals surface area (Å²) in [5.41, 5.74) is 3.85. The molecule has 6 heteroatoms. The van der Waals surface area contributed by atoms with Gasteiger partial charge in [0.15, 0.2) is 0 Å². The first-order chi connectivity index (χ1) is 16.1. The van der Waals surface area contributed by atoms with Gasteiger partial charge in [-0.1, -0.05) is 36.4 Å². The zero-order chi connectivity index (χ0) is 22.9. The molecule has 1 saturated heterocycles. The van der Waals surface area contributed by atoms with Crippen LogP contribution in [0.25, 0.3) is 5.76 Å². The molecule has 5 nitrogen and oxygen atoms in total. The third-order valence-corrected chi connectivity index (χ3v) is 7.36. The van der Waals surface area contributed by atoms with E-state index in [4.69, 9.17) is 4.74 Å². The standard InChI is InChI=1S/C27H25NO4S/c1-32-22-11-5-4-10-21(22)24-23(26(30)27(31)28(24)16-20-9-6-14-33-20)25(29)19-13-12-17-7-2-3-8-18(17)15-19/h4-6,9-15,24,29H,2-3,7-8,16H2,1H3/b25-23+. The lowest BCUT2D eigenvalue weighted by atomic mass is 9.88. The van der Waals surface area contributed by atoms with Gasteiger partial charge in [0.25, 0.3) is 11.7 Å².